The van der Waals surface area contributed by atoms with Crippen molar-refractivity contribution in [1.82, 2.24) is 4.90 Å². The van der Waals surface area contributed by atoms with Crippen LogP contribution in [-0.2, 0) is 11.3 Å². The Hall–Kier alpha value is -2.18. The smallest absolute Gasteiger partial charge is 0.248 e. The molecule has 5 nitrogen and oxygen atoms in total. The van der Waals surface area contributed by atoms with E-state index in [2.05, 4.69) is 10.7 Å². The van der Waals surface area contributed by atoms with E-state index in [1.54, 1.807) is 35.6 Å². The zero-order chi connectivity index (χ0) is 16.1. The Morgan fingerprint density at radius 3 is 2.50 bits per heavy atom. The van der Waals surface area contributed by atoms with Crippen molar-refractivity contribution in [2.45, 2.75) is 19.5 Å². The molecule has 1 aromatic carbocycles. The lowest BCUT2D eigenvalue weighted by molar-refractivity contribution is -0.120. The minimum atomic E-state index is -0.484. The van der Waals surface area contributed by atoms with E-state index < -0.39 is 5.91 Å². The topological polar surface area (TPSA) is 75.4 Å². The predicted molar refractivity (Wildman–Crippen MR) is 88.8 cm³/mol. The number of nitrogens with one attached hydrogen (secondary N) is 1. The average molecular weight is 317 g/mol. The lowest BCUT2D eigenvalue weighted by Crippen LogP contribution is -2.39. The van der Waals surface area contributed by atoms with Gasteiger partial charge in [-0.2, -0.15) is 11.3 Å². The summed E-state index contributed by atoms with van der Waals surface area (Å²) in [5, 5.41) is 6.93. The fourth-order valence-electron chi connectivity index (χ4n) is 1.97. The molecule has 1 atom stereocenters. The molecule has 2 amide bonds. The van der Waals surface area contributed by atoms with E-state index in [9.17, 15) is 9.59 Å². The molecule has 22 heavy (non-hydrogen) atoms. The SMILES string of the molecule is C[C@H](C(=O)Nc1ccc(C(N)=O)cc1)N(C)Cc1ccsc1. The third-order valence-corrected chi connectivity index (χ3v) is 4.22. The summed E-state index contributed by atoms with van der Waals surface area (Å²) >= 11 is 1.64. The summed E-state index contributed by atoms with van der Waals surface area (Å²) < 4.78 is 0. The van der Waals surface area contributed by atoms with E-state index in [0.29, 0.717) is 11.3 Å². The van der Waals surface area contributed by atoms with Crippen molar-refractivity contribution in [3.05, 3.63) is 52.2 Å². The molecule has 0 aliphatic rings. The highest BCUT2D eigenvalue weighted by Gasteiger charge is 2.18. The molecule has 1 aromatic heterocycles. The minimum Gasteiger partial charge on any atom is -0.366 e. The molecule has 0 radical (unpaired) electrons. The second-order valence-electron chi connectivity index (χ2n) is 5.15. The van der Waals surface area contributed by atoms with Gasteiger partial charge in [0.15, 0.2) is 0 Å². The lowest BCUT2D eigenvalue weighted by atomic mass is 10.2. The molecular formula is C16H19N3O2S. The van der Waals surface area contributed by atoms with Gasteiger partial charge in [0, 0.05) is 17.8 Å². The van der Waals surface area contributed by atoms with Gasteiger partial charge in [-0.15, -0.1) is 0 Å². The number of carbonyl (C=O) groups excluding carboxylic acids is 2. The fraction of sp³-hybridized carbons (Fsp3) is 0.250. The van der Waals surface area contributed by atoms with E-state index in [1.807, 2.05) is 30.3 Å². The average Bonchev–Trinajstić information content (AvgIpc) is 2.99. The molecular weight excluding hydrogens is 298 g/mol. The first-order chi connectivity index (χ1) is 10.5. The van der Waals surface area contributed by atoms with Gasteiger partial charge in [0.2, 0.25) is 11.8 Å². The molecule has 0 bridgehead atoms. The zero-order valence-corrected chi connectivity index (χ0v) is 13.4. The number of amides is 2. The summed E-state index contributed by atoms with van der Waals surface area (Å²) in [4.78, 5) is 25.3. The molecule has 1 heterocycles. The normalized spacial score (nSPS) is 12.1. The Labute approximate surface area is 133 Å². The van der Waals surface area contributed by atoms with Crippen LogP contribution in [0.25, 0.3) is 0 Å². The monoisotopic (exact) mass is 317 g/mol. The molecule has 0 spiro atoms. The first kappa shape index (κ1) is 16.2. The number of hydrogen-bond acceptors (Lipinski definition) is 4. The molecule has 3 N–H and O–H groups in total. The van der Waals surface area contributed by atoms with Crippen molar-refractivity contribution in [2.75, 3.05) is 12.4 Å². The quantitative estimate of drug-likeness (QED) is 0.858. The third-order valence-electron chi connectivity index (χ3n) is 3.49. The minimum absolute atomic E-state index is 0.0930. The fourth-order valence-corrected chi connectivity index (χ4v) is 2.63. The second kappa shape index (κ2) is 7.20. The summed E-state index contributed by atoms with van der Waals surface area (Å²) in [5.74, 6) is -0.578. The van der Waals surface area contributed by atoms with Gasteiger partial charge in [-0.05, 0) is 60.6 Å². The molecule has 0 fully saturated rings. The van der Waals surface area contributed by atoms with Gasteiger partial charge >= 0.3 is 0 Å². The number of rotatable bonds is 6. The van der Waals surface area contributed by atoms with Crippen molar-refractivity contribution >= 4 is 28.8 Å². The van der Waals surface area contributed by atoms with Crippen LogP contribution in [0, 0.1) is 0 Å². The summed E-state index contributed by atoms with van der Waals surface area (Å²) in [6.45, 7) is 2.58. The maximum absolute atomic E-state index is 12.3. The van der Waals surface area contributed by atoms with Crippen LogP contribution in [0.2, 0.25) is 0 Å². The van der Waals surface area contributed by atoms with Gasteiger partial charge in [-0.1, -0.05) is 0 Å². The van der Waals surface area contributed by atoms with Gasteiger partial charge in [-0.3, -0.25) is 14.5 Å². The largest absolute Gasteiger partial charge is 0.366 e. The van der Waals surface area contributed by atoms with Crippen LogP contribution < -0.4 is 11.1 Å². The molecule has 6 heteroatoms. The molecule has 0 unspecified atom stereocenters. The van der Waals surface area contributed by atoms with Gasteiger partial charge in [0.25, 0.3) is 0 Å². The van der Waals surface area contributed by atoms with E-state index in [1.165, 1.54) is 5.56 Å². The molecule has 2 rings (SSSR count). The van der Waals surface area contributed by atoms with Gasteiger partial charge in [-0.25, -0.2) is 0 Å². The van der Waals surface area contributed by atoms with Crippen LogP contribution in [0.15, 0.2) is 41.1 Å². The van der Waals surface area contributed by atoms with Crippen LogP contribution in [0.1, 0.15) is 22.8 Å². The van der Waals surface area contributed by atoms with Crippen LogP contribution >= 0.6 is 11.3 Å². The van der Waals surface area contributed by atoms with Crippen molar-refractivity contribution in [3.63, 3.8) is 0 Å². The Kier molecular flexibility index (Phi) is 5.30. The first-order valence-electron chi connectivity index (χ1n) is 6.89. The van der Waals surface area contributed by atoms with Crippen molar-refractivity contribution < 1.29 is 9.59 Å². The summed E-state index contributed by atoms with van der Waals surface area (Å²) in [7, 11) is 1.91. The highest BCUT2D eigenvalue weighted by atomic mass is 32.1. The number of primary amides is 1. The van der Waals surface area contributed by atoms with Crippen molar-refractivity contribution in [1.29, 1.82) is 0 Å². The third kappa shape index (κ3) is 4.16. The van der Waals surface area contributed by atoms with E-state index in [0.717, 1.165) is 6.54 Å². The Morgan fingerprint density at radius 1 is 1.27 bits per heavy atom. The number of thiophene rings is 1. The number of nitrogens with two attached hydrogens (primary N) is 1. The van der Waals surface area contributed by atoms with E-state index in [-0.39, 0.29) is 11.9 Å². The number of benzene rings is 1. The Balaban J connectivity index is 1.94. The number of likely N-dealkylation sites (N-methyl/N-ethyl adjacent to an activating group) is 1. The van der Waals surface area contributed by atoms with Crippen molar-refractivity contribution in [3.8, 4) is 0 Å². The van der Waals surface area contributed by atoms with Gasteiger partial charge < -0.3 is 11.1 Å². The van der Waals surface area contributed by atoms with E-state index >= 15 is 0 Å². The van der Waals surface area contributed by atoms with E-state index in [4.69, 9.17) is 5.73 Å². The zero-order valence-electron chi connectivity index (χ0n) is 12.6. The summed E-state index contributed by atoms with van der Waals surface area (Å²) in [6.07, 6.45) is 0. The first-order valence-corrected chi connectivity index (χ1v) is 7.83. The highest BCUT2D eigenvalue weighted by molar-refractivity contribution is 7.07. The molecule has 0 aliphatic carbocycles. The van der Waals surface area contributed by atoms with Crippen LogP contribution in [0.4, 0.5) is 5.69 Å². The lowest BCUT2D eigenvalue weighted by Gasteiger charge is -2.23. The Bertz CT molecular complexity index is 638. The molecule has 0 saturated carbocycles. The Morgan fingerprint density at radius 2 is 1.95 bits per heavy atom. The maximum Gasteiger partial charge on any atom is 0.248 e. The van der Waals surface area contributed by atoms with Gasteiger partial charge in [0.05, 0.1) is 6.04 Å². The van der Waals surface area contributed by atoms with Gasteiger partial charge in [0.1, 0.15) is 0 Å². The standard InChI is InChI=1S/C16H19N3O2S/c1-11(19(2)9-12-7-8-22-10-12)16(21)18-14-5-3-13(4-6-14)15(17)20/h3-8,10-11H,9H2,1-2H3,(H2,17,20)(H,18,21)/t11-/m1/s1. The molecule has 0 aliphatic heterocycles. The second-order valence-corrected chi connectivity index (χ2v) is 5.93. The molecule has 2 aromatic rings. The predicted octanol–water partition coefficient (Wildman–Crippen LogP) is 2.31. The number of hydrogen-bond donors (Lipinski definition) is 2. The number of carbonyl (C=O) groups is 2. The van der Waals surface area contributed by atoms with Crippen LogP contribution in [0.5, 0.6) is 0 Å². The molecule has 0 saturated heterocycles. The molecule has 116 valence electrons. The number of nitrogens with zero attached hydrogens (tertiary/aromatic N) is 1. The number of anilines is 1. The van der Waals surface area contributed by atoms with Crippen LogP contribution in [0.3, 0.4) is 0 Å². The maximum atomic E-state index is 12.3. The van der Waals surface area contributed by atoms with Crippen molar-refractivity contribution in [2.24, 2.45) is 5.73 Å². The summed E-state index contributed by atoms with van der Waals surface area (Å²) in [5.41, 5.74) is 7.44. The summed E-state index contributed by atoms with van der Waals surface area (Å²) in [6, 6.07) is 8.31. The van der Waals surface area contributed by atoms with Crippen LogP contribution in [-0.4, -0.2) is 29.8 Å². The highest BCUT2D eigenvalue weighted by Crippen LogP contribution is 2.13.